The molecule has 0 saturated carbocycles. The molecule has 7 rings (SSSR count). The van der Waals surface area contributed by atoms with Gasteiger partial charge in [0.25, 0.3) is 0 Å². The predicted octanol–water partition coefficient (Wildman–Crippen LogP) is 10.1. The Morgan fingerprint density at radius 3 is 2.43 bits per heavy atom. The topological polar surface area (TPSA) is 44.9 Å². The van der Waals surface area contributed by atoms with Gasteiger partial charge in [-0.2, -0.15) is 17.2 Å². The molecule has 6 heteroatoms. The number of aromatic nitrogens is 4. The van der Waals surface area contributed by atoms with Crippen molar-refractivity contribution in [2.45, 2.75) is 53.4 Å². The summed E-state index contributed by atoms with van der Waals surface area (Å²) in [6, 6.07) is 38.4. The molecule has 46 heavy (non-hydrogen) atoms. The van der Waals surface area contributed by atoms with Crippen LogP contribution in [0.25, 0.3) is 44.4 Å². The van der Waals surface area contributed by atoms with Crippen LogP contribution in [0.2, 0.25) is 0 Å². The predicted molar refractivity (Wildman–Crippen MR) is 183 cm³/mol. The number of hydrogen-bond acceptors (Lipinski definition) is 3. The van der Waals surface area contributed by atoms with E-state index >= 15 is 0 Å². The molecule has 0 saturated heterocycles. The number of pyridine rings is 1. The fourth-order valence-electron chi connectivity index (χ4n) is 6.29. The Balaban J connectivity index is 0.00000372. The fourth-order valence-corrected chi connectivity index (χ4v) is 6.29. The second-order valence-corrected chi connectivity index (χ2v) is 11.7. The third kappa shape index (κ3) is 6.04. The molecule has 0 fully saturated rings. The molecule has 0 aliphatic carbocycles. The average molecular weight is 784 g/mol. The Hall–Kier alpha value is -4.47. The first-order valence-corrected chi connectivity index (χ1v) is 15.7. The van der Waals surface area contributed by atoms with Gasteiger partial charge in [-0.25, -0.2) is 4.98 Å². The van der Waals surface area contributed by atoms with Crippen molar-refractivity contribution in [3.8, 4) is 34.1 Å². The summed E-state index contributed by atoms with van der Waals surface area (Å²) in [6.45, 7) is 8.51. The van der Waals surface area contributed by atoms with Crippen LogP contribution in [-0.4, -0.2) is 19.3 Å². The number of benzene rings is 4. The molecule has 3 aromatic heterocycles. The van der Waals surface area contributed by atoms with E-state index in [9.17, 15) is 0 Å². The maximum atomic E-state index is 6.42. The van der Waals surface area contributed by atoms with Crippen molar-refractivity contribution >= 4 is 21.8 Å². The van der Waals surface area contributed by atoms with Gasteiger partial charge >= 0.3 is 21.1 Å². The molecule has 4 aromatic carbocycles. The molecule has 0 atom stereocenters. The molecular formula is C40H36N4OPt. The SMILES string of the molecule is CCCCCc1ccnc(-n2c3[c-]c(Oc4[c-]c(-n5nc(C)c(-c6ccccc6)c5C)ccc4)ccc3c3cc(C)ccc32)c1.[Pt+2]. The van der Waals surface area contributed by atoms with Gasteiger partial charge in [-0.1, -0.05) is 73.3 Å². The van der Waals surface area contributed by atoms with Crippen LogP contribution in [0, 0.1) is 32.9 Å². The molecule has 0 amide bonds. The van der Waals surface area contributed by atoms with Crippen molar-refractivity contribution in [1.29, 1.82) is 0 Å². The molecule has 0 aliphatic heterocycles. The summed E-state index contributed by atoms with van der Waals surface area (Å²) in [5.41, 5.74) is 9.71. The molecule has 0 bridgehead atoms. The van der Waals surface area contributed by atoms with E-state index in [0.717, 1.165) is 56.9 Å². The maximum absolute atomic E-state index is 6.42. The summed E-state index contributed by atoms with van der Waals surface area (Å²) < 4.78 is 10.6. The summed E-state index contributed by atoms with van der Waals surface area (Å²) in [5, 5.41) is 7.16. The van der Waals surface area contributed by atoms with Gasteiger partial charge in [-0.05, 0) is 74.0 Å². The van der Waals surface area contributed by atoms with E-state index in [4.69, 9.17) is 14.8 Å². The quantitative estimate of drug-likeness (QED) is 0.108. The Bertz CT molecular complexity index is 2140. The zero-order valence-electron chi connectivity index (χ0n) is 26.6. The zero-order chi connectivity index (χ0) is 30.9. The molecule has 0 radical (unpaired) electrons. The van der Waals surface area contributed by atoms with Crippen LogP contribution in [0.3, 0.4) is 0 Å². The molecular weight excluding hydrogens is 748 g/mol. The molecule has 0 aliphatic rings. The van der Waals surface area contributed by atoms with Crippen molar-refractivity contribution in [3.05, 3.63) is 132 Å². The Morgan fingerprint density at radius 1 is 0.783 bits per heavy atom. The number of nitrogens with zero attached hydrogens (tertiary/aromatic N) is 4. The van der Waals surface area contributed by atoms with E-state index < -0.39 is 0 Å². The Kier molecular flexibility index (Phi) is 9.24. The number of aryl methyl sites for hydroxylation is 3. The first-order chi connectivity index (χ1) is 22.0. The van der Waals surface area contributed by atoms with Crippen LogP contribution in [0.4, 0.5) is 0 Å². The summed E-state index contributed by atoms with van der Waals surface area (Å²) >= 11 is 0. The van der Waals surface area contributed by atoms with E-state index in [-0.39, 0.29) is 21.1 Å². The number of unbranched alkanes of at least 4 members (excludes halogenated alkanes) is 2. The van der Waals surface area contributed by atoms with Crippen molar-refractivity contribution in [2.75, 3.05) is 0 Å². The first-order valence-electron chi connectivity index (χ1n) is 15.7. The summed E-state index contributed by atoms with van der Waals surface area (Å²) in [7, 11) is 0. The van der Waals surface area contributed by atoms with E-state index in [1.807, 2.05) is 48.1 Å². The van der Waals surface area contributed by atoms with E-state index in [2.05, 4.69) is 98.1 Å². The van der Waals surface area contributed by atoms with Gasteiger partial charge in [0.05, 0.1) is 5.69 Å². The molecule has 0 spiro atoms. The molecule has 5 nitrogen and oxygen atoms in total. The van der Waals surface area contributed by atoms with Crippen molar-refractivity contribution in [1.82, 2.24) is 19.3 Å². The smallest absolute Gasteiger partial charge is 0.509 e. The van der Waals surface area contributed by atoms with Crippen LogP contribution in [0.15, 0.2) is 97.2 Å². The summed E-state index contributed by atoms with van der Waals surface area (Å²) in [6.07, 6.45) is 6.58. The molecule has 7 aromatic rings. The van der Waals surface area contributed by atoms with Crippen LogP contribution >= 0.6 is 0 Å². The number of ether oxygens (including phenoxy) is 1. The van der Waals surface area contributed by atoms with Gasteiger partial charge in [0.1, 0.15) is 5.82 Å². The van der Waals surface area contributed by atoms with Crippen LogP contribution in [0.5, 0.6) is 11.5 Å². The van der Waals surface area contributed by atoms with Crippen LogP contribution < -0.4 is 4.74 Å². The van der Waals surface area contributed by atoms with Crippen LogP contribution in [0.1, 0.15) is 48.7 Å². The first kappa shape index (κ1) is 31.5. The second kappa shape index (κ2) is 13.5. The van der Waals surface area contributed by atoms with E-state index in [1.54, 1.807) is 0 Å². The fraction of sp³-hybridized carbons (Fsp3) is 0.200. The van der Waals surface area contributed by atoms with Gasteiger partial charge in [0.15, 0.2) is 0 Å². The second-order valence-electron chi connectivity index (χ2n) is 11.7. The number of rotatable bonds is 9. The van der Waals surface area contributed by atoms with Crippen molar-refractivity contribution in [2.24, 2.45) is 0 Å². The Labute approximate surface area is 285 Å². The minimum absolute atomic E-state index is 0. The number of fused-ring (bicyclic) bond motifs is 3. The average Bonchev–Trinajstić information content (AvgIpc) is 3.54. The molecule has 232 valence electrons. The van der Waals surface area contributed by atoms with E-state index in [0.29, 0.717) is 11.5 Å². The largest absolute Gasteiger partial charge is 2.00 e. The zero-order valence-corrected chi connectivity index (χ0v) is 28.9. The van der Waals surface area contributed by atoms with Crippen molar-refractivity contribution in [3.63, 3.8) is 0 Å². The number of hydrogen-bond donors (Lipinski definition) is 0. The third-order valence-corrected chi connectivity index (χ3v) is 8.47. The standard InChI is InChI=1S/C40H36N4O.Pt/c1-5-6-8-12-30-21-22-41-39(24-30)43-37-20-17-27(2)23-36(37)35-19-18-34(26-38(35)43)45-33-16-11-15-32(25-33)44-29(4)40(28(3)42-44)31-13-9-7-10-14-31;/h7,9-11,13-24H,5-6,8,12H2,1-4H3;/q-2;+2. The van der Waals surface area contributed by atoms with Crippen molar-refractivity contribution < 1.29 is 25.8 Å². The monoisotopic (exact) mass is 783 g/mol. The maximum Gasteiger partial charge on any atom is 2.00 e. The Morgan fingerprint density at radius 2 is 1.61 bits per heavy atom. The normalized spacial score (nSPS) is 11.2. The van der Waals surface area contributed by atoms with Gasteiger partial charge in [-0.3, -0.25) is 4.68 Å². The minimum atomic E-state index is 0. The molecule has 0 N–H and O–H groups in total. The van der Waals surface area contributed by atoms with E-state index in [1.165, 1.54) is 35.8 Å². The summed E-state index contributed by atoms with van der Waals surface area (Å²) in [5.74, 6) is 2.12. The van der Waals surface area contributed by atoms with Gasteiger partial charge < -0.3 is 9.30 Å². The molecule has 0 unspecified atom stereocenters. The summed E-state index contributed by atoms with van der Waals surface area (Å²) in [4.78, 5) is 4.82. The van der Waals surface area contributed by atoms with Gasteiger partial charge in [0, 0.05) is 34.5 Å². The molecule has 3 heterocycles. The van der Waals surface area contributed by atoms with Crippen LogP contribution in [-0.2, 0) is 27.5 Å². The minimum Gasteiger partial charge on any atom is -0.509 e. The van der Waals surface area contributed by atoms with Gasteiger partial charge in [-0.15, -0.1) is 35.7 Å². The van der Waals surface area contributed by atoms with Gasteiger partial charge in [0.2, 0.25) is 0 Å². The third-order valence-electron chi connectivity index (χ3n) is 8.47.